The van der Waals surface area contributed by atoms with Gasteiger partial charge < -0.3 is 9.47 Å². The summed E-state index contributed by atoms with van der Waals surface area (Å²) in [6.07, 6.45) is 0. The Hall–Kier alpha value is -4.46. The molecule has 0 fully saturated rings. The first kappa shape index (κ1) is 23.3. The van der Waals surface area contributed by atoms with E-state index < -0.39 is 5.69 Å². The predicted molar refractivity (Wildman–Crippen MR) is 138 cm³/mol. The van der Waals surface area contributed by atoms with E-state index in [0.29, 0.717) is 39.4 Å². The number of Topliss-reactive ketones (excluding diaryl/α,β-unsaturated/α-hetero) is 1. The molecular formula is C28H26N4O4. The number of nitrogens with zero attached hydrogens (tertiary/aromatic N) is 4. The molecule has 2 aromatic heterocycles. The van der Waals surface area contributed by atoms with Gasteiger partial charge in [0.2, 0.25) is 0 Å². The minimum absolute atomic E-state index is 0.162. The Morgan fingerprint density at radius 1 is 0.889 bits per heavy atom. The van der Waals surface area contributed by atoms with Gasteiger partial charge in [-0.2, -0.15) is 4.52 Å². The molecule has 0 aliphatic carbocycles. The van der Waals surface area contributed by atoms with Crippen molar-refractivity contribution in [3.63, 3.8) is 0 Å². The van der Waals surface area contributed by atoms with Gasteiger partial charge in [-0.05, 0) is 49.6 Å². The van der Waals surface area contributed by atoms with Gasteiger partial charge in [0.05, 0.1) is 26.3 Å². The summed E-state index contributed by atoms with van der Waals surface area (Å²) >= 11 is 0. The second-order valence-electron chi connectivity index (χ2n) is 8.80. The SMILES string of the molecule is COc1cc2c(cc1OC)n(CC(=O)c1cc(C)c(C)cc1C)c(=O)n1nc(-c3ccccc3)nc21. The van der Waals surface area contributed by atoms with Crippen LogP contribution in [0.2, 0.25) is 0 Å². The van der Waals surface area contributed by atoms with Crippen molar-refractivity contribution in [1.82, 2.24) is 19.2 Å². The first-order valence-electron chi connectivity index (χ1n) is 11.5. The topological polar surface area (TPSA) is 87.7 Å². The zero-order chi connectivity index (χ0) is 25.6. The van der Waals surface area contributed by atoms with Crippen LogP contribution in [0.25, 0.3) is 27.9 Å². The number of methoxy groups -OCH3 is 2. The summed E-state index contributed by atoms with van der Waals surface area (Å²) in [7, 11) is 3.07. The monoisotopic (exact) mass is 482 g/mol. The number of hydrogen-bond donors (Lipinski definition) is 0. The molecule has 8 nitrogen and oxygen atoms in total. The number of ether oxygens (including phenoxy) is 2. The van der Waals surface area contributed by atoms with E-state index >= 15 is 0 Å². The highest BCUT2D eigenvalue weighted by molar-refractivity contribution is 5.99. The molecule has 8 heteroatoms. The van der Waals surface area contributed by atoms with Gasteiger partial charge in [0.1, 0.15) is 0 Å². The van der Waals surface area contributed by atoms with E-state index in [0.717, 1.165) is 22.3 Å². The van der Waals surface area contributed by atoms with E-state index in [2.05, 4.69) is 10.1 Å². The molecule has 0 N–H and O–H groups in total. The summed E-state index contributed by atoms with van der Waals surface area (Å²) in [5, 5.41) is 5.12. The third kappa shape index (κ3) is 3.80. The van der Waals surface area contributed by atoms with Gasteiger partial charge in [-0.15, -0.1) is 5.10 Å². The molecule has 5 rings (SSSR count). The van der Waals surface area contributed by atoms with Gasteiger partial charge >= 0.3 is 5.69 Å². The molecule has 2 heterocycles. The molecular weight excluding hydrogens is 456 g/mol. The van der Waals surface area contributed by atoms with Crippen LogP contribution in [0.15, 0.2) is 59.4 Å². The molecule has 5 aromatic rings. The maximum atomic E-state index is 13.7. The predicted octanol–water partition coefficient (Wildman–Crippen LogP) is 4.54. The van der Waals surface area contributed by atoms with Crippen molar-refractivity contribution in [2.45, 2.75) is 27.3 Å². The fourth-order valence-electron chi connectivity index (χ4n) is 4.46. The summed E-state index contributed by atoms with van der Waals surface area (Å²) in [6.45, 7) is 5.72. The molecule has 0 saturated heterocycles. The molecule has 36 heavy (non-hydrogen) atoms. The van der Waals surface area contributed by atoms with E-state index in [1.807, 2.05) is 63.2 Å². The van der Waals surface area contributed by atoms with Crippen LogP contribution in [0.3, 0.4) is 0 Å². The maximum Gasteiger partial charge on any atom is 0.351 e. The third-order valence-corrected chi connectivity index (χ3v) is 6.53. The first-order chi connectivity index (χ1) is 17.3. The van der Waals surface area contributed by atoms with Crippen LogP contribution >= 0.6 is 0 Å². The Labute approximate surface area is 207 Å². The Kier molecular flexibility index (Phi) is 5.80. The molecule has 0 radical (unpaired) electrons. The quantitative estimate of drug-likeness (QED) is 0.330. The summed E-state index contributed by atoms with van der Waals surface area (Å²) in [6, 6.07) is 16.8. The number of hydrogen-bond acceptors (Lipinski definition) is 6. The zero-order valence-electron chi connectivity index (χ0n) is 20.8. The molecule has 0 aliphatic heterocycles. The van der Waals surface area contributed by atoms with Gasteiger partial charge in [0, 0.05) is 22.6 Å². The molecule has 0 unspecified atom stereocenters. The molecule has 3 aromatic carbocycles. The zero-order valence-corrected chi connectivity index (χ0v) is 20.8. The van der Waals surface area contributed by atoms with Crippen LogP contribution in [0.1, 0.15) is 27.0 Å². The average Bonchev–Trinajstić information content (AvgIpc) is 3.34. The van der Waals surface area contributed by atoms with Gasteiger partial charge in [-0.1, -0.05) is 36.4 Å². The summed E-state index contributed by atoms with van der Waals surface area (Å²) < 4.78 is 13.7. The van der Waals surface area contributed by atoms with Crippen LogP contribution in [-0.2, 0) is 6.54 Å². The van der Waals surface area contributed by atoms with Crippen LogP contribution in [0.4, 0.5) is 0 Å². The second-order valence-corrected chi connectivity index (χ2v) is 8.80. The minimum atomic E-state index is -0.464. The number of aromatic nitrogens is 4. The third-order valence-electron chi connectivity index (χ3n) is 6.53. The van der Waals surface area contributed by atoms with E-state index in [4.69, 9.17) is 9.47 Å². The van der Waals surface area contributed by atoms with E-state index in [9.17, 15) is 9.59 Å². The van der Waals surface area contributed by atoms with Crippen LogP contribution in [0, 0.1) is 20.8 Å². The lowest BCUT2D eigenvalue weighted by Gasteiger charge is -2.15. The lowest BCUT2D eigenvalue weighted by molar-refractivity contribution is 0.0971. The number of ketones is 1. The van der Waals surface area contributed by atoms with Gasteiger partial charge in [0.25, 0.3) is 0 Å². The summed E-state index contributed by atoms with van der Waals surface area (Å²) in [5.41, 5.74) is 4.78. The van der Waals surface area contributed by atoms with Crippen molar-refractivity contribution in [1.29, 1.82) is 0 Å². The van der Waals surface area contributed by atoms with Crippen molar-refractivity contribution in [3.8, 4) is 22.9 Å². The van der Waals surface area contributed by atoms with Crippen LogP contribution in [-0.4, -0.2) is 39.2 Å². The number of aryl methyl sites for hydroxylation is 3. The Bertz CT molecular complexity index is 1700. The van der Waals surface area contributed by atoms with Crippen LogP contribution < -0.4 is 15.2 Å². The number of rotatable bonds is 6. The maximum absolute atomic E-state index is 13.7. The Morgan fingerprint density at radius 2 is 1.56 bits per heavy atom. The van der Waals surface area contributed by atoms with Crippen molar-refractivity contribution >= 4 is 22.3 Å². The van der Waals surface area contributed by atoms with Crippen molar-refractivity contribution in [3.05, 3.63) is 87.3 Å². The van der Waals surface area contributed by atoms with Crippen LogP contribution in [0.5, 0.6) is 11.5 Å². The highest BCUT2D eigenvalue weighted by Gasteiger charge is 2.21. The standard InChI is InChI=1S/C28H26N4O4/c1-16-11-18(3)20(12-17(16)2)23(33)15-31-22-14-25(36-5)24(35-4)13-21(22)27-29-26(30-32(27)28(31)34)19-9-7-6-8-10-19/h6-14H,15H2,1-5H3. The summed E-state index contributed by atoms with van der Waals surface area (Å²) in [4.78, 5) is 31.9. The Morgan fingerprint density at radius 3 is 2.25 bits per heavy atom. The molecule has 0 amide bonds. The lowest BCUT2D eigenvalue weighted by Crippen LogP contribution is -2.31. The number of benzene rings is 3. The van der Waals surface area contributed by atoms with Crippen molar-refractivity contribution in [2.24, 2.45) is 0 Å². The lowest BCUT2D eigenvalue weighted by atomic mass is 9.98. The number of carbonyl (C=O) groups is 1. The molecule has 182 valence electrons. The number of carbonyl (C=O) groups excluding carboxylic acids is 1. The average molecular weight is 483 g/mol. The number of fused-ring (bicyclic) bond motifs is 3. The van der Waals surface area contributed by atoms with E-state index in [-0.39, 0.29) is 12.3 Å². The highest BCUT2D eigenvalue weighted by atomic mass is 16.5. The summed E-state index contributed by atoms with van der Waals surface area (Å²) in [5.74, 6) is 1.17. The smallest absolute Gasteiger partial charge is 0.351 e. The molecule has 0 spiro atoms. The van der Waals surface area contributed by atoms with Gasteiger partial charge in [0.15, 0.2) is 28.8 Å². The van der Waals surface area contributed by atoms with Gasteiger partial charge in [-0.3, -0.25) is 9.36 Å². The first-order valence-corrected chi connectivity index (χ1v) is 11.5. The van der Waals surface area contributed by atoms with E-state index in [1.165, 1.54) is 16.2 Å². The molecule has 0 atom stereocenters. The molecule has 0 aliphatic rings. The normalized spacial score (nSPS) is 11.2. The fourth-order valence-corrected chi connectivity index (χ4v) is 4.46. The molecule has 0 bridgehead atoms. The van der Waals surface area contributed by atoms with Crippen molar-refractivity contribution < 1.29 is 14.3 Å². The molecule has 0 saturated carbocycles. The fraction of sp³-hybridized carbons (Fsp3) is 0.214. The highest BCUT2D eigenvalue weighted by Crippen LogP contribution is 2.33. The Balaban J connectivity index is 1.77. The minimum Gasteiger partial charge on any atom is -0.493 e. The second kappa shape index (κ2) is 8.96. The van der Waals surface area contributed by atoms with Gasteiger partial charge in [-0.25, -0.2) is 9.78 Å². The van der Waals surface area contributed by atoms with Crippen molar-refractivity contribution in [2.75, 3.05) is 14.2 Å². The largest absolute Gasteiger partial charge is 0.493 e. The van der Waals surface area contributed by atoms with E-state index in [1.54, 1.807) is 19.2 Å².